The van der Waals surface area contributed by atoms with Crippen molar-refractivity contribution < 1.29 is 9.53 Å². The second-order valence-corrected chi connectivity index (χ2v) is 5.40. The number of hydrogen-bond donors (Lipinski definition) is 1. The second-order valence-electron chi connectivity index (χ2n) is 5.00. The fourth-order valence-corrected chi connectivity index (χ4v) is 2.55. The van der Waals surface area contributed by atoms with Gasteiger partial charge in [0, 0.05) is 11.8 Å². The van der Waals surface area contributed by atoms with Gasteiger partial charge in [-0.25, -0.2) is 0 Å². The van der Waals surface area contributed by atoms with Crippen LogP contribution in [0.25, 0.3) is 0 Å². The maximum absolute atomic E-state index is 12.5. The van der Waals surface area contributed by atoms with E-state index in [2.05, 4.69) is 11.4 Å². The molecule has 0 aliphatic rings. The summed E-state index contributed by atoms with van der Waals surface area (Å²) >= 11 is 5.96. The third-order valence-electron chi connectivity index (χ3n) is 3.41. The number of benzene rings is 1. The van der Waals surface area contributed by atoms with Gasteiger partial charge in [-0.1, -0.05) is 38.3 Å². The van der Waals surface area contributed by atoms with Crippen LogP contribution in [0.2, 0.25) is 5.02 Å². The molecule has 0 aliphatic heterocycles. The fourth-order valence-electron chi connectivity index (χ4n) is 2.36. The first kappa shape index (κ1) is 17.3. The van der Waals surface area contributed by atoms with Gasteiger partial charge in [0.1, 0.15) is 11.2 Å². The van der Waals surface area contributed by atoms with Gasteiger partial charge in [0.2, 0.25) is 5.91 Å². The molecule has 0 aliphatic carbocycles. The van der Waals surface area contributed by atoms with Gasteiger partial charge in [-0.2, -0.15) is 5.26 Å². The number of halogens is 1. The summed E-state index contributed by atoms with van der Waals surface area (Å²) in [5.74, 6) is 0.223. The number of nitriles is 1. The molecule has 0 radical (unpaired) electrons. The lowest BCUT2D eigenvalue weighted by molar-refractivity contribution is -0.123. The van der Waals surface area contributed by atoms with Crippen molar-refractivity contribution >= 4 is 23.2 Å². The zero-order chi connectivity index (χ0) is 15.9. The minimum Gasteiger partial charge on any atom is -0.495 e. The van der Waals surface area contributed by atoms with Gasteiger partial charge in [-0.15, -0.1) is 0 Å². The van der Waals surface area contributed by atoms with Crippen LogP contribution in [0, 0.1) is 16.7 Å². The van der Waals surface area contributed by atoms with Crippen molar-refractivity contribution in [3.05, 3.63) is 23.2 Å². The molecule has 21 heavy (non-hydrogen) atoms. The van der Waals surface area contributed by atoms with E-state index in [0.717, 1.165) is 12.8 Å². The van der Waals surface area contributed by atoms with E-state index in [0.29, 0.717) is 29.3 Å². The maximum Gasteiger partial charge on any atom is 0.244 e. The van der Waals surface area contributed by atoms with Crippen LogP contribution in [-0.4, -0.2) is 13.0 Å². The number of amides is 1. The van der Waals surface area contributed by atoms with E-state index in [1.165, 1.54) is 7.11 Å². The molecule has 0 saturated heterocycles. The molecule has 0 fully saturated rings. The van der Waals surface area contributed by atoms with Crippen LogP contribution in [-0.2, 0) is 4.79 Å². The third-order valence-corrected chi connectivity index (χ3v) is 3.72. The number of anilines is 1. The van der Waals surface area contributed by atoms with Crippen molar-refractivity contribution in [1.82, 2.24) is 0 Å². The second kappa shape index (κ2) is 7.90. The van der Waals surface area contributed by atoms with Crippen LogP contribution in [0.5, 0.6) is 5.75 Å². The Hall–Kier alpha value is -1.73. The Labute approximate surface area is 131 Å². The van der Waals surface area contributed by atoms with Crippen LogP contribution in [0.4, 0.5) is 5.69 Å². The average Bonchev–Trinajstić information content (AvgIpc) is 2.48. The molecule has 0 aromatic heterocycles. The van der Waals surface area contributed by atoms with Gasteiger partial charge in [0.25, 0.3) is 0 Å². The zero-order valence-electron chi connectivity index (χ0n) is 12.7. The topological polar surface area (TPSA) is 62.1 Å². The molecule has 0 unspecified atom stereocenters. The highest BCUT2D eigenvalue weighted by Crippen LogP contribution is 2.32. The molecule has 1 N–H and O–H groups in total. The van der Waals surface area contributed by atoms with E-state index in [-0.39, 0.29) is 5.91 Å². The van der Waals surface area contributed by atoms with Gasteiger partial charge in [0.05, 0.1) is 18.2 Å². The Morgan fingerprint density at radius 3 is 2.48 bits per heavy atom. The van der Waals surface area contributed by atoms with Crippen molar-refractivity contribution in [2.24, 2.45) is 5.41 Å². The highest BCUT2D eigenvalue weighted by Gasteiger charge is 2.37. The van der Waals surface area contributed by atoms with Gasteiger partial charge in [-0.3, -0.25) is 4.79 Å². The quantitative estimate of drug-likeness (QED) is 0.812. The molecule has 0 bridgehead atoms. The third kappa shape index (κ3) is 4.12. The Kier molecular flexibility index (Phi) is 6.51. The van der Waals surface area contributed by atoms with Crippen LogP contribution in [0.1, 0.15) is 39.5 Å². The van der Waals surface area contributed by atoms with E-state index < -0.39 is 5.41 Å². The Bertz CT molecular complexity index is 532. The summed E-state index contributed by atoms with van der Waals surface area (Å²) in [6.45, 7) is 3.95. The summed E-state index contributed by atoms with van der Waals surface area (Å²) < 4.78 is 5.13. The largest absolute Gasteiger partial charge is 0.495 e. The first-order chi connectivity index (χ1) is 10.0. The molecule has 0 spiro atoms. The van der Waals surface area contributed by atoms with Crippen LogP contribution < -0.4 is 10.1 Å². The lowest BCUT2D eigenvalue weighted by atomic mass is 9.79. The number of carbonyl (C=O) groups is 1. The van der Waals surface area contributed by atoms with Crippen molar-refractivity contribution in [1.29, 1.82) is 5.26 Å². The van der Waals surface area contributed by atoms with Crippen LogP contribution in [0.15, 0.2) is 18.2 Å². The number of ether oxygens (including phenoxy) is 1. The summed E-state index contributed by atoms with van der Waals surface area (Å²) in [6.07, 6.45) is 2.66. The number of nitrogens with zero attached hydrogens (tertiary/aromatic N) is 1. The monoisotopic (exact) mass is 308 g/mol. The first-order valence-corrected chi connectivity index (χ1v) is 7.47. The van der Waals surface area contributed by atoms with E-state index in [1.54, 1.807) is 18.2 Å². The number of hydrogen-bond acceptors (Lipinski definition) is 3. The molecule has 5 heteroatoms. The Morgan fingerprint density at radius 1 is 1.38 bits per heavy atom. The minimum atomic E-state index is -0.976. The molecular weight excluding hydrogens is 288 g/mol. The number of methoxy groups -OCH3 is 1. The van der Waals surface area contributed by atoms with E-state index >= 15 is 0 Å². The molecule has 1 aromatic carbocycles. The zero-order valence-corrected chi connectivity index (χ0v) is 13.5. The van der Waals surface area contributed by atoms with Crippen molar-refractivity contribution in [2.75, 3.05) is 12.4 Å². The van der Waals surface area contributed by atoms with Gasteiger partial charge >= 0.3 is 0 Å². The van der Waals surface area contributed by atoms with E-state index in [9.17, 15) is 10.1 Å². The lowest BCUT2D eigenvalue weighted by Gasteiger charge is -2.24. The standard InChI is InChI=1S/C16H21ClN2O2/c1-4-8-16(11-18,9-5-2)15(20)19-12-6-7-13(17)14(10-12)21-3/h6-7,10H,4-5,8-9H2,1-3H3,(H,19,20). The normalized spacial score (nSPS) is 10.8. The van der Waals surface area contributed by atoms with E-state index in [4.69, 9.17) is 16.3 Å². The molecule has 0 saturated carbocycles. The number of nitrogens with one attached hydrogen (secondary N) is 1. The van der Waals surface area contributed by atoms with Crippen molar-refractivity contribution in [3.8, 4) is 11.8 Å². The number of carbonyl (C=O) groups excluding carboxylic acids is 1. The highest BCUT2D eigenvalue weighted by atomic mass is 35.5. The average molecular weight is 309 g/mol. The minimum absolute atomic E-state index is 0.266. The van der Waals surface area contributed by atoms with Gasteiger partial charge in [-0.05, 0) is 25.0 Å². The molecule has 4 nitrogen and oxygen atoms in total. The summed E-state index contributed by atoms with van der Waals surface area (Å²) in [4.78, 5) is 12.5. The summed E-state index contributed by atoms with van der Waals surface area (Å²) in [5, 5.41) is 12.8. The summed E-state index contributed by atoms with van der Waals surface area (Å²) in [7, 11) is 1.51. The molecule has 1 amide bonds. The van der Waals surface area contributed by atoms with Gasteiger partial charge < -0.3 is 10.1 Å². The molecular formula is C16H21ClN2O2. The SMILES string of the molecule is CCCC(C#N)(CCC)C(=O)Nc1ccc(Cl)c(OC)c1. The molecule has 114 valence electrons. The predicted octanol–water partition coefficient (Wildman–Crippen LogP) is 4.40. The lowest BCUT2D eigenvalue weighted by Crippen LogP contribution is -2.35. The fraction of sp³-hybridized carbons (Fsp3) is 0.500. The smallest absolute Gasteiger partial charge is 0.244 e. The maximum atomic E-state index is 12.5. The molecule has 0 heterocycles. The van der Waals surface area contributed by atoms with E-state index in [1.807, 2.05) is 13.8 Å². The van der Waals surface area contributed by atoms with Crippen LogP contribution in [0.3, 0.4) is 0 Å². The molecule has 1 rings (SSSR count). The first-order valence-electron chi connectivity index (χ1n) is 7.09. The summed E-state index contributed by atoms with van der Waals surface area (Å²) in [6, 6.07) is 7.21. The van der Waals surface area contributed by atoms with Crippen molar-refractivity contribution in [3.63, 3.8) is 0 Å². The molecule has 0 atom stereocenters. The van der Waals surface area contributed by atoms with Crippen LogP contribution >= 0.6 is 11.6 Å². The Morgan fingerprint density at radius 2 is 2.00 bits per heavy atom. The predicted molar refractivity (Wildman–Crippen MR) is 84.5 cm³/mol. The van der Waals surface area contributed by atoms with Gasteiger partial charge in [0.15, 0.2) is 0 Å². The summed E-state index contributed by atoms with van der Waals surface area (Å²) in [5.41, 5.74) is -0.399. The number of rotatable bonds is 7. The highest BCUT2D eigenvalue weighted by molar-refractivity contribution is 6.32. The molecule has 1 aromatic rings. The van der Waals surface area contributed by atoms with Crippen molar-refractivity contribution in [2.45, 2.75) is 39.5 Å². The Balaban J connectivity index is 2.99.